The zero-order chi connectivity index (χ0) is 28.5. The average Bonchev–Trinajstić information content (AvgIpc) is 2.98. The zero-order valence-electron chi connectivity index (χ0n) is 24.5. The minimum atomic E-state index is 1.15. The molecular formula is C39H36N2. The van der Waals surface area contributed by atoms with Crippen molar-refractivity contribution in [3.63, 3.8) is 0 Å². The van der Waals surface area contributed by atoms with Crippen molar-refractivity contribution in [3.05, 3.63) is 155 Å². The van der Waals surface area contributed by atoms with Crippen LogP contribution in [0.15, 0.2) is 127 Å². The Labute approximate surface area is 244 Å². The van der Waals surface area contributed by atoms with Gasteiger partial charge in [0, 0.05) is 34.1 Å². The first-order valence-electron chi connectivity index (χ1n) is 14.3. The van der Waals surface area contributed by atoms with Crippen LogP contribution in [0.3, 0.4) is 0 Å². The van der Waals surface area contributed by atoms with Crippen molar-refractivity contribution in [2.45, 2.75) is 34.6 Å². The number of benzene rings is 6. The Morgan fingerprint density at radius 1 is 0.317 bits per heavy atom. The van der Waals surface area contributed by atoms with Crippen LogP contribution in [-0.4, -0.2) is 0 Å². The van der Waals surface area contributed by atoms with Crippen LogP contribution in [0.1, 0.15) is 27.8 Å². The lowest BCUT2D eigenvalue weighted by atomic mass is 10.0. The molecule has 0 radical (unpaired) electrons. The maximum absolute atomic E-state index is 2.36. The van der Waals surface area contributed by atoms with Crippen molar-refractivity contribution in [2.24, 2.45) is 0 Å². The van der Waals surface area contributed by atoms with Gasteiger partial charge in [0.1, 0.15) is 0 Å². The van der Waals surface area contributed by atoms with Crippen LogP contribution < -0.4 is 9.80 Å². The molecule has 202 valence electrons. The fraction of sp³-hybridized carbons (Fsp3) is 0.128. The average molecular weight is 533 g/mol. The van der Waals surface area contributed by atoms with Gasteiger partial charge in [0.15, 0.2) is 0 Å². The Balaban J connectivity index is 1.49. The second-order valence-corrected chi connectivity index (χ2v) is 11.0. The molecule has 0 unspecified atom stereocenters. The third kappa shape index (κ3) is 5.21. The first-order chi connectivity index (χ1) is 19.9. The predicted molar refractivity (Wildman–Crippen MR) is 177 cm³/mol. The summed E-state index contributed by atoms with van der Waals surface area (Å²) in [7, 11) is 0. The van der Waals surface area contributed by atoms with Gasteiger partial charge in [-0.15, -0.1) is 0 Å². The first kappa shape index (κ1) is 26.4. The highest BCUT2D eigenvalue weighted by Gasteiger charge is 2.17. The van der Waals surface area contributed by atoms with E-state index in [1.165, 1.54) is 44.3 Å². The first-order valence-corrected chi connectivity index (χ1v) is 14.3. The van der Waals surface area contributed by atoms with Gasteiger partial charge in [-0.2, -0.15) is 0 Å². The molecule has 0 atom stereocenters. The molecule has 0 aliphatic rings. The summed E-state index contributed by atoms with van der Waals surface area (Å²) in [4.78, 5) is 4.71. The van der Waals surface area contributed by atoms with E-state index in [2.05, 4.69) is 172 Å². The van der Waals surface area contributed by atoms with Gasteiger partial charge in [-0.3, -0.25) is 0 Å². The molecule has 2 nitrogen and oxygen atoms in total. The molecule has 0 aliphatic heterocycles. The molecule has 0 saturated carbocycles. The summed E-state index contributed by atoms with van der Waals surface area (Å²) in [6.07, 6.45) is 0. The Hall–Kier alpha value is -4.82. The van der Waals surface area contributed by atoms with Crippen LogP contribution in [0.4, 0.5) is 34.1 Å². The largest absolute Gasteiger partial charge is 0.310 e. The van der Waals surface area contributed by atoms with Crippen molar-refractivity contribution in [2.75, 3.05) is 9.80 Å². The van der Waals surface area contributed by atoms with Crippen molar-refractivity contribution in [3.8, 4) is 0 Å². The highest BCUT2D eigenvalue weighted by molar-refractivity contribution is 5.95. The molecule has 0 aliphatic carbocycles. The zero-order valence-corrected chi connectivity index (χ0v) is 24.5. The van der Waals surface area contributed by atoms with Crippen LogP contribution in [0.25, 0.3) is 10.8 Å². The lowest BCUT2D eigenvalue weighted by Crippen LogP contribution is -2.11. The highest BCUT2D eigenvalue weighted by atomic mass is 15.1. The van der Waals surface area contributed by atoms with E-state index in [9.17, 15) is 0 Å². The molecule has 0 heterocycles. The quantitative estimate of drug-likeness (QED) is 0.210. The Kier molecular flexibility index (Phi) is 7.07. The molecule has 41 heavy (non-hydrogen) atoms. The van der Waals surface area contributed by atoms with Gasteiger partial charge in [0.25, 0.3) is 0 Å². The summed E-state index contributed by atoms with van der Waals surface area (Å²) >= 11 is 0. The highest BCUT2D eigenvalue weighted by Crippen LogP contribution is 2.41. The standard InChI is InChI=1S/C39H36N2/c1-27-16-19-35(22-29(27)3)40(33-12-8-6-9-13-33)37-21-18-32-25-38(24-31(5)39(32)26-37)41(34-14-10-7-11-15-34)36-20-17-28(2)30(4)23-36/h6-26H,1-5H3. The SMILES string of the molecule is Cc1ccc(N(c2ccccc2)c2cc(C)c3cc(N(c4ccccc4)c4ccc(C)c(C)c4)ccc3c2)cc1C. The van der Waals surface area contributed by atoms with E-state index >= 15 is 0 Å². The maximum Gasteiger partial charge on any atom is 0.0470 e. The third-order valence-electron chi connectivity index (χ3n) is 8.17. The molecule has 0 N–H and O–H groups in total. The van der Waals surface area contributed by atoms with Crippen molar-refractivity contribution in [1.29, 1.82) is 0 Å². The van der Waals surface area contributed by atoms with E-state index in [0.717, 1.165) is 28.4 Å². The summed E-state index contributed by atoms with van der Waals surface area (Å²) in [5.41, 5.74) is 13.4. The summed E-state index contributed by atoms with van der Waals surface area (Å²) in [6, 6.07) is 46.2. The maximum atomic E-state index is 2.36. The number of aryl methyl sites for hydroxylation is 5. The van der Waals surface area contributed by atoms with E-state index in [1.54, 1.807) is 0 Å². The van der Waals surface area contributed by atoms with Crippen molar-refractivity contribution in [1.82, 2.24) is 0 Å². The molecule has 2 heteroatoms. The predicted octanol–water partition coefficient (Wildman–Crippen LogP) is 11.3. The van der Waals surface area contributed by atoms with E-state index in [4.69, 9.17) is 0 Å². The number of hydrogen-bond acceptors (Lipinski definition) is 2. The lowest BCUT2D eigenvalue weighted by Gasteiger charge is -2.28. The van der Waals surface area contributed by atoms with E-state index in [1.807, 2.05) is 0 Å². The fourth-order valence-electron chi connectivity index (χ4n) is 5.56. The van der Waals surface area contributed by atoms with E-state index in [-0.39, 0.29) is 0 Å². The Bertz CT molecular complexity index is 1840. The molecule has 6 aromatic carbocycles. The Morgan fingerprint density at radius 2 is 0.756 bits per heavy atom. The van der Waals surface area contributed by atoms with Gasteiger partial charge < -0.3 is 9.80 Å². The van der Waals surface area contributed by atoms with E-state index < -0.39 is 0 Å². The molecule has 0 saturated heterocycles. The summed E-state index contributed by atoms with van der Waals surface area (Å²) in [5, 5.41) is 2.48. The number of nitrogens with zero attached hydrogens (tertiary/aromatic N) is 2. The normalized spacial score (nSPS) is 11.0. The van der Waals surface area contributed by atoms with Gasteiger partial charge in [-0.05, 0) is 146 Å². The second kappa shape index (κ2) is 11.0. The number of para-hydroxylation sites is 2. The fourth-order valence-corrected chi connectivity index (χ4v) is 5.56. The lowest BCUT2D eigenvalue weighted by molar-refractivity contribution is 1.24. The second-order valence-electron chi connectivity index (χ2n) is 11.0. The van der Waals surface area contributed by atoms with Crippen molar-refractivity contribution < 1.29 is 0 Å². The van der Waals surface area contributed by atoms with Gasteiger partial charge in [-0.1, -0.05) is 54.6 Å². The van der Waals surface area contributed by atoms with Crippen LogP contribution in [-0.2, 0) is 0 Å². The monoisotopic (exact) mass is 532 g/mol. The molecule has 0 bridgehead atoms. The summed E-state index contributed by atoms with van der Waals surface area (Å²) in [6.45, 7) is 10.9. The molecule has 0 spiro atoms. The molecule has 6 aromatic rings. The molecule has 6 rings (SSSR count). The smallest absolute Gasteiger partial charge is 0.0470 e. The van der Waals surface area contributed by atoms with Gasteiger partial charge in [0.05, 0.1) is 0 Å². The van der Waals surface area contributed by atoms with E-state index in [0.29, 0.717) is 0 Å². The number of fused-ring (bicyclic) bond motifs is 1. The Morgan fingerprint density at radius 3 is 1.27 bits per heavy atom. The molecule has 0 fully saturated rings. The van der Waals surface area contributed by atoms with Gasteiger partial charge >= 0.3 is 0 Å². The van der Waals surface area contributed by atoms with Crippen molar-refractivity contribution >= 4 is 44.9 Å². The van der Waals surface area contributed by atoms with Crippen LogP contribution >= 0.6 is 0 Å². The number of anilines is 6. The third-order valence-corrected chi connectivity index (χ3v) is 8.17. The molecule has 0 amide bonds. The van der Waals surface area contributed by atoms with Crippen LogP contribution in [0, 0.1) is 34.6 Å². The molecule has 0 aromatic heterocycles. The minimum absolute atomic E-state index is 1.15. The van der Waals surface area contributed by atoms with Crippen LogP contribution in [0.2, 0.25) is 0 Å². The topological polar surface area (TPSA) is 6.48 Å². The minimum Gasteiger partial charge on any atom is -0.310 e. The van der Waals surface area contributed by atoms with Gasteiger partial charge in [0.2, 0.25) is 0 Å². The summed E-state index contributed by atoms with van der Waals surface area (Å²) < 4.78 is 0. The number of rotatable bonds is 6. The van der Waals surface area contributed by atoms with Crippen LogP contribution in [0.5, 0.6) is 0 Å². The molecular weight excluding hydrogens is 496 g/mol. The summed E-state index contributed by atoms with van der Waals surface area (Å²) in [5.74, 6) is 0. The van der Waals surface area contributed by atoms with Gasteiger partial charge in [-0.25, -0.2) is 0 Å². The number of hydrogen-bond donors (Lipinski definition) is 0.